The molecule has 0 amide bonds. The van der Waals surface area contributed by atoms with Crippen LogP contribution in [0.1, 0.15) is 25.7 Å². The summed E-state index contributed by atoms with van der Waals surface area (Å²) in [7, 11) is -2.20. The molecule has 0 aromatic rings. The molecule has 0 fully saturated rings. The summed E-state index contributed by atoms with van der Waals surface area (Å²) in [6, 6.07) is 0. The summed E-state index contributed by atoms with van der Waals surface area (Å²) < 4.78 is 10.2. The Morgan fingerprint density at radius 1 is 1.40 bits per heavy atom. The summed E-state index contributed by atoms with van der Waals surface area (Å²) in [6.45, 7) is 3.59. The third-order valence-corrected chi connectivity index (χ3v) is 2.08. The normalized spacial score (nSPS) is 12.9. The van der Waals surface area contributed by atoms with Crippen molar-refractivity contribution in [3.63, 3.8) is 0 Å². The molecule has 0 heterocycles. The van der Waals surface area contributed by atoms with Gasteiger partial charge in [-0.3, -0.25) is 4.57 Å². The van der Waals surface area contributed by atoms with E-state index in [-0.39, 0.29) is 0 Å². The first-order chi connectivity index (χ1) is 4.77. The molecule has 0 radical (unpaired) electrons. The number of hydrogen-bond donors (Lipinski definition) is 1. The van der Waals surface area contributed by atoms with Crippen molar-refractivity contribution in [3.05, 3.63) is 12.7 Å². The van der Waals surface area contributed by atoms with Crippen LogP contribution in [0.25, 0.3) is 0 Å². The average molecular weight is 162 g/mol. The maximum absolute atomic E-state index is 10.2. The van der Waals surface area contributed by atoms with Crippen LogP contribution in [0.15, 0.2) is 12.7 Å². The summed E-state index contributed by atoms with van der Waals surface area (Å²) in [5.74, 6) is 0. The van der Waals surface area contributed by atoms with Gasteiger partial charge in [-0.25, -0.2) is 0 Å². The maximum atomic E-state index is 10.2. The quantitative estimate of drug-likeness (QED) is 0.369. The van der Waals surface area contributed by atoms with Crippen molar-refractivity contribution >= 4 is 8.03 Å². The van der Waals surface area contributed by atoms with Crippen molar-refractivity contribution in [3.8, 4) is 0 Å². The number of allylic oxidation sites excluding steroid dienone is 1. The molecule has 10 heavy (non-hydrogen) atoms. The lowest BCUT2D eigenvalue weighted by Crippen LogP contribution is -1.79. The molecule has 3 heteroatoms. The standard InChI is InChI=1S/C7H15O2P/c1-2-3-4-5-6-7-10(8)9/h2,10H,1,3-7H2,(H,8,9). The molecule has 0 saturated carbocycles. The Bertz CT molecular complexity index is 112. The third-order valence-electron chi connectivity index (χ3n) is 1.30. The van der Waals surface area contributed by atoms with Crippen molar-refractivity contribution < 1.29 is 9.46 Å². The predicted molar refractivity (Wildman–Crippen MR) is 44.8 cm³/mol. The highest BCUT2D eigenvalue weighted by atomic mass is 31.1. The molecule has 60 valence electrons. The Morgan fingerprint density at radius 3 is 2.60 bits per heavy atom. The molecule has 0 spiro atoms. The van der Waals surface area contributed by atoms with Crippen LogP contribution in [0.2, 0.25) is 0 Å². The molecule has 0 aliphatic heterocycles. The summed E-state index contributed by atoms with van der Waals surface area (Å²) in [5.41, 5.74) is 0. The van der Waals surface area contributed by atoms with Crippen LogP contribution in [-0.4, -0.2) is 11.1 Å². The van der Waals surface area contributed by atoms with Gasteiger partial charge in [-0.15, -0.1) is 6.58 Å². The van der Waals surface area contributed by atoms with Crippen molar-refractivity contribution in [1.29, 1.82) is 0 Å². The average Bonchev–Trinajstić information content (AvgIpc) is 1.87. The molecule has 1 N–H and O–H groups in total. The van der Waals surface area contributed by atoms with E-state index in [0.29, 0.717) is 6.16 Å². The second-order valence-electron chi connectivity index (χ2n) is 2.28. The van der Waals surface area contributed by atoms with E-state index in [2.05, 4.69) is 6.58 Å². The molecule has 1 atom stereocenters. The van der Waals surface area contributed by atoms with E-state index in [0.717, 1.165) is 25.7 Å². The Hall–Kier alpha value is -0.0700. The van der Waals surface area contributed by atoms with Crippen LogP contribution in [0.5, 0.6) is 0 Å². The Morgan fingerprint density at radius 2 is 2.10 bits per heavy atom. The van der Waals surface area contributed by atoms with Gasteiger partial charge in [-0.1, -0.05) is 12.5 Å². The summed E-state index contributed by atoms with van der Waals surface area (Å²) in [5, 5.41) is 0. The first-order valence-electron chi connectivity index (χ1n) is 3.60. The van der Waals surface area contributed by atoms with Gasteiger partial charge in [0.15, 0.2) is 8.03 Å². The summed E-state index contributed by atoms with van der Waals surface area (Å²) in [4.78, 5) is 8.44. The van der Waals surface area contributed by atoms with E-state index in [1.807, 2.05) is 6.08 Å². The van der Waals surface area contributed by atoms with Crippen molar-refractivity contribution in [2.24, 2.45) is 0 Å². The van der Waals surface area contributed by atoms with Gasteiger partial charge in [0.25, 0.3) is 0 Å². The fourth-order valence-corrected chi connectivity index (χ4v) is 1.29. The first-order valence-corrected chi connectivity index (χ1v) is 5.16. The van der Waals surface area contributed by atoms with Gasteiger partial charge in [0.2, 0.25) is 0 Å². The highest BCUT2D eigenvalue weighted by Gasteiger charge is 1.91. The summed E-state index contributed by atoms with van der Waals surface area (Å²) >= 11 is 0. The van der Waals surface area contributed by atoms with Crippen LogP contribution in [0.3, 0.4) is 0 Å². The first kappa shape index (κ1) is 9.93. The molecule has 0 aromatic carbocycles. The number of rotatable bonds is 6. The predicted octanol–water partition coefficient (Wildman–Crippen LogP) is 2.20. The molecule has 0 rings (SSSR count). The number of hydrogen-bond acceptors (Lipinski definition) is 1. The van der Waals surface area contributed by atoms with Crippen molar-refractivity contribution in [1.82, 2.24) is 0 Å². The fraction of sp³-hybridized carbons (Fsp3) is 0.714. The molecular formula is C7H15O2P. The Balaban J connectivity index is 2.90. The van der Waals surface area contributed by atoms with E-state index < -0.39 is 8.03 Å². The van der Waals surface area contributed by atoms with E-state index in [4.69, 9.17) is 4.89 Å². The molecule has 0 saturated heterocycles. The van der Waals surface area contributed by atoms with Crippen LogP contribution < -0.4 is 0 Å². The topological polar surface area (TPSA) is 37.3 Å². The highest BCUT2D eigenvalue weighted by Crippen LogP contribution is 2.15. The minimum Gasteiger partial charge on any atom is -0.346 e. The van der Waals surface area contributed by atoms with E-state index in [1.54, 1.807) is 0 Å². The van der Waals surface area contributed by atoms with Crippen molar-refractivity contribution in [2.45, 2.75) is 25.7 Å². The lowest BCUT2D eigenvalue weighted by molar-refractivity contribution is 0.499. The zero-order valence-corrected chi connectivity index (χ0v) is 7.18. The van der Waals surface area contributed by atoms with Gasteiger partial charge < -0.3 is 4.89 Å². The van der Waals surface area contributed by atoms with Gasteiger partial charge in [0, 0.05) is 6.16 Å². The van der Waals surface area contributed by atoms with Gasteiger partial charge in [0.05, 0.1) is 0 Å². The molecule has 2 nitrogen and oxygen atoms in total. The maximum Gasteiger partial charge on any atom is 0.189 e. The van der Waals surface area contributed by atoms with Crippen LogP contribution in [0.4, 0.5) is 0 Å². The Labute approximate surface area is 62.8 Å². The minimum atomic E-state index is -2.20. The van der Waals surface area contributed by atoms with Gasteiger partial charge in [-0.05, 0) is 19.3 Å². The minimum absolute atomic E-state index is 0.488. The molecule has 0 aromatic heterocycles. The van der Waals surface area contributed by atoms with Crippen LogP contribution >= 0.6 is 8.03 Å². The van der Waals surface area contributed by atoms with E-state index >= 15 is 0 Å². The smallest absolute Gasteiger partial charge is 0.189 e. The lowest BCUT2D eigenvalue weighted by atomic mass is 10.2. The van der Waals surface area contributed by atoms with Gasteiger partial charge in [0.1, 0.15) is 0 Å². The van der Waals surface area contributed by atoms with Gasteiger partial charge >= 0.3 is 0 Å². The van der Waals surface area contributed by atoms with Crippen molar-refractivity contribution in [2.75, 3.05) is 6.16 Å². The molecule has 0 aliphatic carbocycles. The highest BCUT2D eigenvalue weighted by molar-refractivity contribution is 7.37. The summed E-state index contributed by atoms with van der Waals surface area (Å²) in [6.07, 6.45) is 6.40. The van der Waals surface area contributed by atoms with E-state index in [1.165, 1.54) is 0 Å². The monoisotopic (exact) mass is 162 g/mol. The SMILES string of the molecule is C=CCCCCC[PH](=O)O. The second-order valence-corrected chi connectivity index (χ2v) is 3.57. The number of unbranched alkanes of at least 4 members (excludes halogenated alkanes) is 3. The van der Waals surface area contributed by atoms with Crippen LogP contribution in [0, 0.1) is 0 Å². The molecule has 0 aliphatic rings. The largest absolute Gasteiger partial charge is 0.346 e. The Kier molecular flexibility index (Phi) is 6.99. The zero-order chi connectivity index (χ0) is 7.82. The molecule has 0 bridgehead atoms. The van der Waals surface area contributed by atoms with E-state index in [9.17, 15) is 4.57 Å². The third kappa shape index (κ3) is 7.93. The zero-order valence-electron chi connectivity index (χ0n) is 6.18. The van der Waals surface area contributed by atoms with Gasteiger partial charge in [-0.2, -0.15) is 0 Å². The molecular weight excluding hydrogens is 147 g/mol. The lowest BCUT2D eigenvalue weighted by Gasteiger charge is -1.94. The van der Waals surface area contributed by atoms with Crippen LogP contribution in [-0.2, 0) is 4.57 Å². The fourth-order valence-electron chi connectivity index (χ4n) is 0.742. The molecule has 1 unspecified atom stereocenters. The second kappa shape index (κ2) is 7.04.